The molecule has 1 N–H and O–H groups in total. The molecule has 1 aromatic heterocycles. The molecule has 0 radical (unpaired) electrons. The summed E-state index contributed by atoms with van der Waals surface area (Å²) in [6.45, 7) is 6.53. The lowest BCUT2D eigenvalue weighted by Gasteiger charge is -2.17. The molecule has 0 aliphatic rings. The van der Waals surface area contributed by atoms with Crippen LogP contribution in [0.5, 0.6) is 5.75 Å². The van der Waals surface area contributed by atoms with Crippen molar-refractivity contribution in [2.24, 2.45) is 0 Å². The van der Waals surface area contributed by atoms with Crippen molar-refractivity contribution in [2.75, 3.05) is 11.1 Å². The van der Waals surface area contributed by atoms with Crippen LogP contribution in [0.25, 0.3) is 0 Å². The second kappa shape index (κ2) is 9.95. The number of carbonyl (C=O) groups is 1. The molecule has 2 aromatic carbocycles. The lowest BCUT2D eigenvalue weighted by molar-refractivity contribution is -0.113. The maximum Gasteiger partial charge on any atom is 0.234 e. The van der Waals surface area contributed by atoms with E-state index in [-0.39, 0.29) is 22.8 Å². The first-order chi connectivity index (χ1) is 14.4. The summed E-state index contributed by atoms with van der Waals surface area (Å²) < 4.78 is 21.2. The molecule has 0 saturated heterocycles. The number of hydrogen-bond acceptors (Lipinski definition) is 5. The Bertz CT molecular complexity index is 1040. The number of carbonyl (C=O) groups excluding carboxylic acids is 1. The molecule has 30 heavy (non-hydrogen) atoms. The van der Waals surface area contributed by atoms with E-state index in [1.165, 1.54) is 30.0 Å². The molecule has 1 unspecified atom stereocenters. The van der Waals surface area contributed by atoms with Crippen LogP contribution in [0.4, 0.5) is 10.1 Å². The molecule has 9 heteroatoms. The molecule has 1 atom stereocenters. The summed E-state index contributed by atoms with van der Waals surface area (Å²) in [5.41, 5.74) is 1.48. The largest absolute Gasteiger partial charge is 0.482 e. The molecular formula is C21H22ClFN4O2S. The minimum Gasteiger partial charge on any atom is -0.482 e. The number of aryl methyl sites for hydroxylation is 1. The van der Waals surface area contributed by atoms with Gasteiger partial charge in [0.2, 0.25) is 5.91 Å². The van der Waals surface area contributed by atoms with E-state index < -0.39 is 5.82 Å². The van der Waals surface area contributed by atoms with Crippen LogP contribution in [0.3, 0.4) is 0 Å². The summed E-state index contributed by atoms with van der Waals surface area (Å²) in [4.78, 5) is 12.3. The molecule has 3 rings (SSSR count). The average Bonchev–Trinajstić information content (AvgIpc) is 3.14. The fraction of sp³-hybridized carbons (Fsp3) is 0.286. The van der Waals surface area contributed by atoms with Gasteiger partial charge in [-0.15, -0.1) is 10.2 Å². The average molecular weight is 449 g/mol. The zero-order chi connectivity index (χ0) is 21.7. The Morgan fingerprint density at radius 1 is 1.30 bits per heavy atom. The van der Waals surface area contributed by atoms with Gasteiger partial charge in [0.05, 0.1) is 10.8 Å². The number of hydrogen-bond donors (Lipinski definition) is 1. The topological polar surface area (TPSA) is 69.0 Å². The molecule has 6 nitrogen and oxygen atoms in total. The minimum atomic E-state index is -0.533. The van der Waals surface area contributed by atoms with Crippen molar-refractivity contribution >= 4 is 35.0 Å². The smallest absolute Gasteiger partial charge is 0.234 e. The third-order valence-electron chi connectivity index (χ3n) is 4.36. The van der Waals surface area contributed by atoms with Crippen LogP contribution in [0.2, 0.25) is 5.02 Å². The van der Waals surface area contributed by atoms with Gasteiger partial charge in [0.25, 0.3) is 0 Å². The number of para-hydroxylation sites is 1. The number of nitrogens with one attached hydrogen (secondary N) is 1. The molecule has 0 aliphatic carbocycles. The van der Waals surface area contributed by atoms with Crippen molar-refractivity contribution in [3.05, 3.63) is 64.7 Å². The normalized spacial score (nSPS) is 11.9. The van der Waals surface area contributed by atoms with Gasteiger partial charge in [-0.2, -0.15) is 0 Å². The highest BCUT2D eigenvalue weighted by Crippen LogP contribution is 2.26. The number of ether oxygens (including phenoxy) is 1. The number of benzene rings is 2. The lowest BCUT2D eigenvalue weighted by Crippen LogP contribution is -2.15. The molecule has 3 aromatic rings. The van der Waals surface area contributed by atoms with E-state index >= 15 is 0 Å². The second-order valence-corrected chi connectivity index (χ2v) is 7.93. The van der Waals surface area contributed by atoms with Crippen LogP contribution in [0.15, 0.2) is 47.6 Å². The Morgan fingerprint density at radius 3 is 2.77 bits per heavy atom. The highest BCUT2D eigenvalue weighted by Gasteiger charge is 2.20. The SMILES string of the molecule is CCn1c(SCC(=O)Nc2ccc(F)c(Cl)c2)nnc1C(C)Oc1ccccc1C. The monoisotopic (exact) mass is 448 g/mol. The summed E-state index contributed by atoms with van der Waals surface area (Å²) >= 11 is 7.01. The summed E-state index contributed by atoms with van der Waals surface area (Å²) in [5.74, 6) is 0.824. The van der Waals surface area contributed by atoms with Gasteiger partial charge in [0, 0.05) is 12.2 Å². The Balaban J connectivity index is 1.64. The first-order valence-electron chi connectivity index (χ1n) is 9.42. The second-order valence-electron chi connectivity index (χ2n) is 6.58. The summed E-state index contributed by atoms with van der Waals surface area (Å²) in [6.07, 6.45) is -0.303. The van der Waals surface area contributed by atoms with Crippen molar-refractivity contribution in [1.82, 2.24) is 14.8 Å². The van der Waals surface area contributed by atoms with Crippen molar-refractivity contribution in [3.63, 3.8) is 0 Å². The quantitative estimate of drug-likeness (QED) is 0.475. The zero-order valence-electron chi connectivity index (χ0n) is 16.9. The van der Waals surface area contributed by atoms with Gasteiger partial charge in [0.1, 0.15) is 11.6 Å². The Hall–Kier alpha value is -2.58. The number of anilines is 1. The van der Waals surface area contributed by atoms with Crippen molar-refractivity contribution in [3.8, 4) is 5.75 Å². The maximum absolute atomic E-state index is 13.2. The first-order valence-corrected chi connectivity index (χ1v) is 10.8. The molecule has 1 amide bonds. The fourth-order valence-corrected chi connectivity index (χ4v) is 3.83. The van der Waals surface area contributed by atoms with E-state index in [2.05, 4.69) is 15.5 Å². The first kappa shape index (κ1) is 22.1. The van der Waals surface area contributed by atoms with Gasteiger partial charge in [0.15, 0.2) is 17.1 Å². The van der Waals surface area contributed by atoms with Gasteiger partial charge in [-0.25, -0.2) is 4.39 Å². The van der Waals surface area contributed by atoms with E-state index in [0.29, 0.717) is 23.2 Å². The van der Waals surface area contributed by atoms with E-state index in [1.54, 1.807) is 0 Å². The van der Waals surface area contributed by atoms with Crippen LogP contribution >= 0.6 is 23.4 Å². The molecule has 0 bridgehead atoms. The van der Waals surface area contributed by atoms with Crippen molar-refractivity contribution in [1.29, 1.82) is 0 Å². The third kappa shape index (κ3) is 5.31. The molecule has 0 spiro atoms. The van der Waals surface area contributed by atoms with Gasteiger partial charge in [-0.3, -0.25) is 4.79 Å². The zero-order valence-corrected chi connectivity index (χ0v) is 18.4. The standard InChI is InChI=1S/C21H22ClFN4O2S/c1-4-27-20(14(3)29-18-8-6-5-7-13(18)2)25-26-21(27)30-12-19(28)24-15-9-10-17(23)16(22)11-15/h5-11,14H,4,12H2,1-3H3,(H,24,28). The molecule has 0 aliphatic heterocycles. The number of thioether (sulfide) groups is 1. The van der Waals surface area contributed by atoms with Crippen molar-refractivity contribution in [2.45, 2.75) is 38.6 Å². The van der Waals surface area contributed by atoms with Crippen LogP contribution in [0, 0.1) is 12.7 Å². The van der Waals surface area contributed by atoms with Gasteiger partial charge in [-0.1, -0.05) is 41.6 Å². The predicted octanol–water partition coefficient (Wildman–Crippen LogP) is 5.27. The molecule has 0 fully saturated rings. The molecule has 0 saturated carbocycles. The summed E-state index contributed by atoms with van der Waals surface area (Å²) in [7, 11) is 0. The maximum atomic E-state index is 13.2. The highest BCUT2D eigenvalue weighted by atomic mass is 35.5. The minimum absolute atomic E-state index is 0.0431. The van der Waals surface area contributed by atoms with Crippen LogP contribution in [0.1, 0.15) is 31.3 Å². The van der Waals surface area contributed by atoms with Gasteiger partial charge in [-0.05, 0) is 50.6 Å². The number of halogens is 2. The van der Waals surface area contributed by atoms with E-state index in [0.717, 1.165) is 11.3 Å². The highest BCUT2D eigenvalue weighted by molar-refractivity contribution is 7.99. The van der Waals surface area contributed by atoms with Crippen LogP contribution in [-0.4, -0.2) is 26.4 Å². The lowest BCUT2D eigenvalue weighted by atomic mass is 10.2. The van der Waals surface area contributed by atoms with E-state index in [9.17, 15) is 9.18 Å². The fourth-order valence-electron chi connectivity index (χ4n) is 2.84. The number of aromatic nitrogens is 3. The van der Waals surface area contributed by atoms with Crippen LogP contribution in [-0.2, 0) is 11.3 Å². The number of amides is 1. The van der Waals surface area contributed by atoms with Crippen LogP contribution < -0.4 is 10.1 Å². The number of nitrogens with zero attached hydrogens (tertiary/aromatic N) is 3. The Kier molecular flexibility index (Phi) is 7.33. The molecular weight excluding hydrogens is 427 g/mol. The van der Waals surface area contributed by atoms with Gasteiger partial charge >= 0.3 is 0 Å². The summed E-state index contributed by atoms with van der Waals surface area (Å²) in [5, 5.41) is 11.8. The predicted molar refractivity (Wildman–Crippen MR) is 117 cm³/mol. The molecule has 1 heterocycles. The van der Waals surface area contributed by atoms with E-state index in [4.69, 9.17) is 16.3 Å². The number of rotatable bonds is 8. The third-order valence-corrected chi connectivity index (χ3v) is 5.61. The summed E-state index contributed by atoms with van der Waals surface area (Å²) in [6, 6.07) is 11.8. The van der Waals surface area contributed by atoms with Crippen molar-refractivity contribution < 1.29 is 13.9 Å². The van der Waals surface area contributed by atoms with Gasteiger partial charge < -0.3 is 14.6 Å². The Labute approximate surface area is 183 Å². The Morgan fingerprint density at radius 2 is 2.07 bits per heavy atom. The molecule has 158 valence electrons. The van der Waals surface area contributed by atoms with E-state index in [1.807, 2.05) is 49.6 Å².